The molecule has 1 saturated carbocycles. The first kappa shape index (κ1) is 12.3. The van der Waals surface area contributed by atoms with Gasteiger partial charge < -0.3 is 5.32 Å². The molecule has 1 fully saturated rings. The van der Waals surface area contributed by atoms with Crippen LogP contribution in [0.1, 0.15) is 25.7 Å². The molecule has 0 unspecified atom stereocenters. The number of allylic oxidation sites excluding steroid dienone is 1. The van der Waals surface area contributed by atoms with E-state index in [1.54, 1.807) is 18.3 Å². The van der Waals surface area contributed by atoms with Crippen molar-refractivity contribution in [1.29, 1.82) is 0 Å². The molecule has 5 heteroatoms. The number of ketones is 1. The van der Waals surface area contributed by atoms with Gasteiger partial charge in [-0.1, -0.05) is 6.07 Å². The van der Waals surface area contributed by atoms with E-state index in [1.165, 1.54) is 12.1 Å². The molecule has 1 aliphatic rings. The normalized spacial score (nSPS) is 17.8. The minimum absolute atomic E-state index is 0.0355. The molecule has 0 bridgehead atoms. The van der Waals surface area contributed by atoms with E-state index < -0.39 is 4.92 Å². The van der Waals surface area contributed by atoms with Crippen LogP contribution in [0.2, 0.25) is 0 Å². The van der Waals surface area contributed by atoms with Gasteiger partial charge in [-0.05, 0) is 25.3 Å². The Balaban J connectivity index is 2.09. The minimum atomic E-state index is -0.440. The lowest BCUT2D eigenvalue weighted by molar-refractivity contribution is -0.384. The number of non-ortho nitro benzene ring substituents is 1. The zero-order valence-electron chi connectivity index (χ0n) is 9.89. The highest BCUT2D eigenvalue weighted by Gasteiger charge is 2.14. The highest BCUT2D eigenvalue weighted by molar-refractivity contribution is 5.96. The van der Waals surface area contributed by atoms with Gasteiger partial charge in [0.25, 0.3) is 5.69 Å². The summed E-state index contributed by atoms with van der Waals surface area (Å²) in [6.07, 6.45) is 5.02. The number of anilines is 1. The van der Waals surface area contributed by atoms with E-state index in [0.29, 0.717) is 12.1 Å². The van der Waals surface area contributed by atoms with E-state index >= 15 is 0 Å². The molecular weight excluding hydrogens is 232 g/mol. The van der Waals surface area contributed by atoms with Crippen LogP contribution < -0.4 is 5.32 Å². The summed E-state index contributed by atoms with van der Waals surface area (Å²) in [5.41, 5.74) is 1.43. The summed E-state index contributed by atoms with van der Waals surface area (Å²) in [6.45, 7) is 0. The molecule has 0 radical (unpaired) electrons. The SMILES string of the molecule is O=C1CCCC/C1=C/Nc1cccc([N+](=O)[O-])c1. The third-order valence-corrected chi connectivity index (χ3v) is 2.93. The fourth-order valence-electron chi connectivity index (χ4n) is 1.93. The Morgan fingerprint density at radius 2 is 2.06 bits per heavy atom. The van der Waals surface area contributed by atoms with Crippen molar-refractivity contribution in [2.24, 2.45) is 0 Å². The molecule has 0 aromatic heterocycles. The Morgan fingerprint density at radius 3 is 2.78 bits per heavy atom. The number of nitro groups is 1. The lowest BCUT2D eigenvalue weighted by atomic mass is 9.94. The number of rotatable bonds is 3. The molecule has 0 atom stereocenters. The number of Topliss-reactive ketones (excluding diaryl/α,β-unsaturated/α-hetero) is 1. The zero-order chi connectivity index (χ0) is 13.0. The van der Waals surface area contributed by atoms with Crippen molar-refractivity contribution < 1.29 is 9.72 Å². The van der Waals surface area contributed by atoms with E-state index in [0.717, 1.165) is 24.8 Å². The van der Waals surface area contributed by atoms with E-state index in [1.807, 2.05) is 0 Å². The van der Waals surface area contributed by atoms with Crippen molar-refractivity contribution in [2.45, 2.75) is 25.7 Å². The van der Waals surface area contributed by atoms with Gasteiger partial charge in [-0.15, -0.1) is 0 Å². The van der Waals surface area contributed by atoms with Crippen molar-refractivity contribution in [3.8, 4) is 0 Å². The highest BCUT2D eigenvalue weighted by atomic mass is 16.6. The third-order valence-electron chi connectivity index (χ3n) is 2.93. The molecule has 2 rings (SSSR count). The number of nitrogens with one attached hydrogen (secondary N) is 1. The molecular formula is C13H14N2O3. The summed E-state index contributed by atoms with van der Waals surface area (Å²) in [4.78, 5) is 21.8. The van der Waals surface area contributed by atoms with E-state index in [2.05, 4.69) is 5.32 Å². The fraction of sp³-hybridized carbons (Fsp3) is 0.308. The Morgan fingerprint density at radius 1 is 1.28 bits per heavy atom. The van der Waals surface area contributed by atoms with Crippen molar-refractivity contribution >= 4 is 17.2 Å². The summed E-state index contributed by atoms with van der Waals surface area (Å²) >= 11 is 0. The molecule has 0 saturated heterocycles. The van der Waals surface area contributed by atoms with Crippen LogP contribution in [0, 0.1) is 10.1 Å². The fourth-order valence-corrected chi connectivity index (χ4v) is 1.93. The first-order valence-corrected chi connectivity index (χ1v) is 5.90. The summed E-state index contributed by atoms with van der Waals surface area (Å²) < 4.78 is 0. The van der Waals surface area contributed by atoms with Crippen molar-refractivity contribution in [1.82, 2.24) is 0 Å². The summed E-state index contributed by atoms with van der Waals surface area (Å²) in [5.74, 6) is 0.166. The molecule has 94 valence electrons. The van der Waals surface area contributed by atoms with Gasteiger partial charge in [0.05, 0.1) is 4.92 Å². The second-order valence-electron chi connectivity index (χ2n) is 4.25. The predicted octanol–water partition coefficient (Wildman–Crippen LogP) is 3.03. The summed E-state index contributed by atoms with van der Waals surface area (Å²) in [6, 6.07) is 6.23. The van der Waals surface area contributed by atoms with Gasteiger partial charge in [-0.25, -0.2) is 0 Å². The number of nitro benzene ring substituents is 1. The Bertz CT molecular complexity index is 509. The molecule has 1 N–H and O–H groups in total. The Labute approximate surface area is 105 Å². The molecule has 1 aromatic rings. The average Bonchev–Trinajstić information content (AvgIpc) is 2.38. The van der Waals surface area contributed by atoms with E-state index in [9.17, 15) is 14.9 Å². The van der Waals surface area contributed by atoms with Crippen LogP contribution >= 0.6 is 0 Å². The van der Waals surface area contributed by atoms with Gasteiger partial charge in [0.15, 0.2) is 5.78 Å². The molecule has 0 amide bonds. The smallest absolute Gasteiger partial charge is 0.271 e. The van der Waals surface area contributed by atoms with Gasteiger partial charge in [0.2, 0.25) is 0 Å². The van der Waals surface area contributed by atoms with E-state index in [-0.39, 0.29) is 11.5 Å². The number of hydrogen-bond acceptors (Lipinski definition) is 4. The molecule has 1 aliphatic carbocycles. The Hall–Kier alpha value is -2.17. The lowest BCUT2D eigenvalue weighted by Crippen LogP contribution is -2.09. The molecule has 5 nitrogen and oxygen atoms in total. The topological polar surface area (TPSA) is 72.2 Å². The number of benzene rings is 1. The van der Waals surface area contributed by atoms with Crippen LogP contribution in [0.3, 0.4) is 0 Å². The number of carbonyl (C=O) groups is 1. The minimum Gasteiger partial charge on any atom is -0.361 e. The highest BCUT2D eigenvalue weighted by Crippen LogP contribution is 2.21. The quantitative estimate of drug-likeness (QED) is 0.505. The standard InChI is InChI=1S/C13H14N2O3/c16-13-7-2-1-4-10(13)9-14-11-5-3-6-12(8-11)15(17)18/h3,5-6,8-9,14H,1-2,4,7H2/b10-9-. The van der Waals surface area contributed by atoms with Crippen LogP contribution in [0.25, 0.3) is 0 Å². The lowest BCUT2D eigenvalue weighted by Gasteiger charge is -2.12. The van der Waals surface area contributed by atoms with Crippen LogP contribution in [-0.4, -0.2) is 10.7 Å². The first-order valence-electron chi connectivity index (χ1n) is 5.90. The van der Waals surface area contributed by atoms with Crippen LogP contribution in [-0.2, 0) is 4.79 Å². The predicted molar refractivity (Wildman–Crippen MR) is 68.3 cm³/mol. The maximum Gasteiger partial charge on any atom is 0.271 e. The molecule has 1 aromatic carbocycles. The average molecular weight is 246 g/mol. The zero-order valence-corrected chi connectivity index (χ0v) is 9.89. The number of nitrogens with zero attached hydrogens (tertiary/aromatic N) is 1. The van der Waals surface area contributed by atoms with Crippen LogP contribution in [0.5, 0.6) is 0 Å². The molecule has 0 aliphatic heterocycles. The van der Waals surface area contributed by atoms with Gasteiger partial charge >= 0.3 is 0 Å². The second kappa shape index (κ2) is 5.44. The van der Waals surface area contributed by atoms with Gasteiger partial charge in [-0.2, -0.15) is 0 Å². The van der Waals surface area contributed by atoms with Crippen molar-refractivity contribution in [3.63, 3.8) is 0 Å². The third kappa shape index (κ3) is 2.94. The summed E-state index contributed by atoms with van der Waals surface area (Å²) in [7, 11) is 0. The molecule has 18 heavy (non-hydrogen) atoms. The summed E-state index contributed by atoms with van der Waals surface area (Å²) in [5, 5.41) is 13.6. The maximum atomic E-state index is 11.6. The number of hydrogen-bond donors (Lipinski definition) is 1. The van der Waals surface area contributed by atoms with Gasteiger partial charge in [0, 0.05) is 36.0 Å². The molecule has 0 heterocycles. The first-order chi connectivity index (χ1) is 8.66. The van der Waals surface area contributed by atoms with Crippen LogP contribution in [0.15, 0.2) is 36.0 Å². The van der Waals surface area contributed by atoms with Gasteiger partial charge in [-0.3, -0.25) is 14.9 Å². The Kier molecular flexibility index (Phi) is 3.72. The van der Waals surface area contributed by atoms with Crippen molar-refractivity contribution in [3.05, 3.63) is 46.2 Å². The molecule has 0 spiro atoms. The maximum absolute atomic E-state index is 11.6. The largest absolute Gasteiger partial charge is 0.361 e. The van der Waals surface area contributed by atoms with E-state index in [4.69, 9.17) is 0 Å². The number of carbonyl (C=O) groups excluding carboxylic acids is 1. The van der Waals surface area contributed by atoms with Crippen LogP contribution in [0.4, 0.5) is 11.4 Å². The second-order valence-corrected chi connectivity index (χ2v) is 4.25. The van der Waals surface area contributed by atoms with Crippen molar-refractivity contribution in [2.75, 3.05) is 5.32 Å². The van der Waals surface area contributed by atoms with Gasteiger partial charge in [0.1, 0.15) is 0 Å². The monoisotopic (exact) mass is 246 g/mol.